The van der Waals surface area contributed by atoms with E-state index in [1.165, 1.54) is 20.3 Å². The lowest BCUT2D eigenvalue weighted by molar-refractivity contribution is -0.130. The van der Waals surface area contributed by atoms with Crippen molar-refractivity contribution in [3.05, 3.63) is 17.8 Å². The molecule has 92 valence electrons. The lowest BCUT2D eigenvalue weighted by Crippen LogP contribution is -2.28. The lowest BCUT2D eigenvalue weighted by Gasteiger charge is -2.19. The van der Waals surface area contributed by atoms with E-state index in [2.05, 4.69) is 9.72 Å². The van der Waals surface area contributed by atoms with Crippen LogP contribution in [0, 0.1) is 0 Å². The fraction of sp³-hybridized carbons (Fsp3) is 0.545. The number of rotatable bonds is 2. The molecule has 1 atom stereocenters. The highest BCUT2D eigenvalue weighted by atomic mass is 16.5. The molecule has 0 aromatic carbocycles. The topological polar surface area (TPSA) is 72.6 Å². The summed E-state index contributed by atoms with van der Waals surface area (Å²) in [6.07, 6.45) is 2.98. The molecule has 1 aromatic heterocycles. The Hall–Kier alpha value is -1.85. The molecular formula is C11H14N2O4. The summed E-state index contributed by atoms with van der Waals surface area (Å²) >= 11 is 0. The Balaban J connectivity index is 2.19. The van der Waals surface area contributed by atoms with E-state index in [0.717, 1.165) is 12.8 Å². The van der Waals surface area contributed by atoms with Gasteiger partial charge in [0.05, 0.1) is 7.11 Å². The Kier molecular flexibility index (Phi) is 3.12. The Morgan fingerprint density at radius 1 is 1.59 bits per heavy atom. The lowest BCUT2D eigenvalue weighted by atomic mass is 10.2. The number of aromatic nitrogens is 1. The van der Waals surface area contributed by atoms with Crippen LogP contribution in [0.2, 0.25) is 0 Å². The van der Waals surface area contributed by atoms with Crippen LogP contribution in [0.4, 0.5) is 0 Å². The molecule has 0 spiro atoms. The molecule has 0 saturated carbocycles. The fourth-order valence-electron chi connectivity index (χ4n) is 2.04. The Morgan fingerprint density at radius 3 is 3.00 bits per heavy atom. The number of nitrogens with zero attached hydrogens (tertiary/aromatic N) is 2. The second-order valence-corrected chi connectivity index (χ2v) is 3.93. The number of ether oxygens (including phenoxy) is 1. The molecule has 2 rings (SSSR count). The minimum Gasteiger partial charge on any atom is -0.464 e. The molecule has 1 aliphatic heterocycles. The maximum absolute atomic E-state index is 11.4. The first-order valence-electron chi connectivity index (χ1n) is 5.44. The number of carbonyl (C=O) groups excluding carboxylic acids is 2. The average Bonchev–Trinajstić information content (AvgIpc) is 2.95. The van der Waals surface area contributed by atoms with Crippen LogP contribution in [0.3, 0.4) is 0 Å². The van der Waals surface area contributed by atoms with Crippen molar-refractivity contribution in [3.8, 4) is 0 Å². The molecular weight excluding hydrogens is 224 g/mol. The van der Waals surface area contributed by atoms with Crippen molar-refractivity contribution in [2.75, 3.05) is 13.7 Å². The maximum atomic E-state index is 11.4. The van der Waals surface area contributed by atoms with Crippen molar-refractivity contribution in [2.45, 2.75) is 25.8 Å². The zero-order chi connectivity index (χ0) is 12.4. The maximum Gasteiger partial charge on any atom is 0.360 e. The van der Waals surface area contributed by atoms with E-state index in [4.69, 9.17) is 4.42 Å². The van der Waals surface area contributed by atoms with Gasteiger partial charge in [0.2, 0.25) is 11.8 Å². The predicted octanol–water partition coefficient (Wildman–Crippen LogP) is 1.14. The zero-order valence-corrected chi connectivity index (χ0v) is 9.80. The molecule has 0 bridgehead atoms. The van der Waals surface area contributed by atoms with Crippen molar-refractivity contribution in [3.63, 3.8) is 0 Å². The molecule has 1 fully saturated rings. The number of oxazole rings is 1. The van der Waals surface area contributed by atoms with Crippen LogP contribution in [-0.4, -0.2) is 35.4 Å². The van der Waals surface area contributed by atoms with E-state index in [9.17, 15) is 9.59 Å². The zero-order valence-electron chi connectivity index (χ0n) is 9.80. The van der Waals surface area contributed by atoms with Crippen LogP contribution in [-0.2, 0) is 9.53 Å². The molecule has 6 heteroatoms. The van der Waals surface area contributed by atoms with Crippen molar-refractivity contribution in [1.29, 1.82) is 0 Å². The summed E-state index contributed by atoms with van der Waals surface area (Å²) in [7, 11) is 1.29. The first-order chi connectivity index (χ1) is 8.13. The molecule has 0 unspecified atom stereocenters. The van der Waals surface area contributed by atoms with Gasteiger partial charge in [0.25, 0.3) is 0 Å². The van der Waals surface area contributed by atoms with E-state index >= 15 is 0 Å². The highest BCUT2D eigenvalue weighted by Crippen LogP contribution is 2.31. The van der Waals surface area contributed by atoms with Crippen LogP contribution in [0.5, 0.6) is 0 Å². The average molecular weight is 238 g/mol. The van der Waals surface area contributed by atoms with Crippen molar-refractivity contribution >= 4 is 11.9 Å². The third-order valence-corrected chi connectivity index (χ3v) is 2.86. The predicted molar refractivity (Wildman–Crippen MR) is 57.2 cm³/mol. The van der Waals surface area contributed by atoms with E-state index in [-0.39, 0.29) is 17.6 Å². The molecule has 1 saturated heterocycles. The summed E-state index contributed by atoms with van der Waals surface area (Å²) in [6.45, 7) is 2.22. The normalized spacial score (nSPS) is 19.4. The quantitative estimate of drug-likeness (QED) is 0.722. The van der Waals surface area contributed by atoms with Gasteiger partial charge in [0.15, 0.2) is 5.69 Å². The number of likely N-dealkylation sites (tertiary alicyclic amines) is 1. The van der Waals surface area contributed by atoms with Gasteiger partial charge in [-0.25, -0.2) is 9.78 Å². The van der Waals surface area contributed by atoms with Gasteiger partial charge in [0, 0.05) is 13.5 Å². The third kappa shape index (κ3) is 2.15. The molecule has 0 N–H and O–H groups in total. The van der Waals surface area contributed by atoms with Gasteiger partial charge in [-0.1, -0.05) is 0 Å². The third-order valence-electron chi connectivity index (χ3n) is 2.86. The first-order valence-corrected chi connectivity index (χ1v) is 5.44. The summed E-state index contributed by atoms with van der Waals surface area (Å²) in [4.78, 5) is 28.4. The van der Waals surface area contributed by atoms with Gasteiger partial charge in [-0.05, 0) is 12.8 Å². The van der Waals surface area contributed by atoms with E-state index in [1.807, 2.05) is 0 Å². The number of hydrogen-bond donors (Lipinski definition) is 0. The number of hydrogen-bond acceptors (Lipinski definition) is 5. The van der Waals surface area contributed by atoms with Crippen molar-refractivity contribution in [2.24, 2.45) is 0 Å². The molecule has 2 heterocycles. The molecule has 0 radical (unpaired) electrons. The number of carbonyl (C=O) groups is 2. The minimum atomic E-state index is -0.535. The number of methoxy groups -OCH3 is 1. The smallest absolute Gasteiger partial charge is 0.360 e. The van der Waals surface area contributed by atoms with Crippen LogP contribution >= 0.6 is 0 Å². The molecule has 6 nitrogen and oxygen atoms in total. The van der Waals surface area contributed by atoms with E-state index in [1.54, 1.807) is 4.90 Å². The molecule has 0 aliphatic carbocycles. The minimum absolute atomic E-state index is 0.00896. The standard InChI is InChI=1S/C11H14N2O4/c1-7(14)13-5-3-4-9(13)10-12-8(6-17-10)11(15)16-2/h6,9H,3-5H2,1-2H3/t9-/m1/s1. The highest BCUT2D eigenvalue weighted by molar-refractivity contribution is 5.86. The Bertz CT molecular complexity index is 440. The second-order valence-electron chi connectivity index (χ2n) is 3.93. The largest absolute Gasteiger partial charge is 0.464 e. The Labute approximate surface area is 98.6 Å². The highest BCUT2D eigenvalue weighted by Gasteiger charge is 2.32. The Morgan fingerprint density at radius 2 is 2.35 bits per heavy atom. The monoisotopic (exact) mass is 238 g/mol. The van der Waals surface area contributed by atoms with E-state index < -0.39 is 5.97 Å². The van der Waals surface area contributed by atoms with Crippen molar-refractivity contribution < 1.29 is 18.7 Å². The van der Waals surface area contributed by atoms with Gasteiger partial charge >= 0.3 is 5.97 Å². The van der Waals surface area contributed by atoms with Crippen molar-refractivity contribution in [1.82, 2.24) is 9.88 Å². The SMILES string of the molecule is COC(=O)c1coc([C@H]2CCCN2C(C)=O)n1. The van der Waals surface area contributed by atoms with Gasteiger partial charge in [-0.2, -0.15) is 0 Å². The summed E-state index contributed by atoms with van der Waals surface area (Å²) in [6, 6.07) is -0.161. The fourth-order valence-corrected chi connectivity index (χ4v) is 2.04. The van der Waals surface area contributed by atoms with Crippen LogP contribution in [0.1, 0.15) is 42.2 Å². The van der Waals surface area contributed by atoms with Gasteiger partial charge in [-0.3, -0.25) is 4.79 Å². The van der Waals surface area contributed by atoms with E-state index in [0.29, 0.717) is 12.4 Å². The summed E-state index contributed by atoms with van der Waals surface area (Å²) < 4.78 is 9.79. The van der Waals surface area contributed by atoms with Crippen LogP contribution in [0.15, 0.2) is 10.7 Å². The van der Waals surface area contributed by atoms with Crippen LogP contribution < -0.4 is 0 Å². The van der Waals surface area contributed by atoms with Gasteiger partial charge in [-0.15, -0.1) is 0 Å². The summed E-state index contributed by atoms with van der Waals surface area (Å²) in [5, 5.41) is 0. The molecule has 1 amide bonds. The second kappa shape index (κ2) is 4.57. The van der Waals surface area contributed by atoms with Crippen LogP contribution in [0.25, 0.3) is 0 Å². The summed E-state index contributed by atoms with van der Waals surface area (Å²) in [5.74, 6) is -0.143. The van der Waals surface area contributed by atoms with Gasteiger partial charge < -0.3 is 14.1 Å². The van der Waals surface area contributed by atoms with Gasteiger partial charge in [0.1, 0.15) is 12.3 Å². The summed E-state index contributed by atoms with van der Waals surface area (Å²) in [5.41, 5.74) is 0.137. The number of amides is 1. The molecule has 17 heavy (non-hydrogen) atoms. The molecule has 1 aliphatic rings. The molecule has 1 aromatic rings. The first kappa shape index (κ1) is 11.6. The number of esters is 1.